The van der Waals surface area contributed by atoms with Crippen molar-refractivity contribution in [3.63, 3.8) is 0 Å². The Labute approximate surface area is 87.8 Å². The van der Waals surface area contributed by atoms with E-state index in [1.54, 1.807) is 0 Å². The molecule has 1 heterocycles. The quantitative estimate of drug-likeness (QED) is 0.692. The Kier molecular flexibility index (Phi) is 2.90. The van der Waals surface area contributed by atoms with Gasteiger partial charge in [-0.1, -0.05) is 6.42 Å². The molecule has 1 saturated heterocycles. The molecule has 1 saturated carbocycles. The van der Waals surface area contributed by atoms with E-state index in [1.165, 1.54) is 0 Å². The number of aliphatic carboxylic acids is 1. The first-order valence-electron chi connectivity index (χ1n) is 5.29. The molecular weight excluding hydrogens is 198 g/mol. The van der Waals surface area contributed by atoms with Crippen molar-refractivity contribution in [1.29, 1.82) is 0 Å². The molecule has 2 aliphatic rings. The maximum Gasteiger partial charge on any atom is 0.311 e. The summed E-state index contributed by atoms with van der Waals surface area (Å²) in [5.41, 5.74) is 0. The van der Waals surface area contributed by atoms with E-state index in [1.807, 2.05) is 0 Å². The van der Waals surface area contributed by atoms with Crippen LogP contribution in [0, 0.1) is 11.8 Å². The summed E-state index contributed by atoms with van der Waals surface area (Å²) in [6.45, 7) is 0.514. The molecule has 2 N–H and O–H groups in total. The first kappa shape index (κ1) is 10.4. The second kappa shape index (κ2) is 4.18. The molecule has 15 heavy (non-hydrogen) atoms. The summed E-state index contributed by atoms with van der Waals surface area (Å²) in [4.78, 5) is 22.4. The third kappa shape index (κ3) is 2.12. The highest BCUT2D eigenvalue weighted by molar-refractivity contribution is 5.81. The molecule has 5 heteroatoms. The largest absolute Gasteiger partial charge is 0.481 e. The molecule has 1 amide bonds. The summed E-state index contributed by atoms with van der Waals surface area (Å²) in [7, 11) is 0. The molecule has 5 nitrogen and oxygen atoms in total. The van der Waals surface area contributed by atoms with E-state index in [-0.39, 0.29) is 24.5 Å². The highest BCUT2D eigenvalue weighted by atomic mass is 16.5. The summed E-state index contributed by atoms with van der Waals surface area (Å²) in [6, 6.07) is -0.351. The second-order valence-electron chi connectivity index (χ2n) is 4.23. The molecule has 2 unspecified atom stereocenters. The molecule has 1 aliphatic carbocycles. The lowest BCUT2D eigenvalue weighted by molar-refractivity contribution is -0.142. The summed E-state index contributed by atoms with van der Waals surface area (Å²) in [5, 5.41) is 11.6. The van der Waals surface area contributed by atoms with E-state index >= 15 is 0 Å². The van der Waals surface area contributed by atoms with Crippen molar-refractivity contribution >= 4 is 11.9 Å². The van der Waals surface area contributed by atoms with Crippen molar-refractivity contribution in [3.05, 3.63) is 0 Å². The topological polar surface area (TPSA) is 75.6 Å². The Hall–Kier alpha value is -1.10. The molecule has 0 aromatic carbocycles. The van der Waals surface area contributed by atoms with Gasteiger partial charge in [0.25, 0.3) is 0 Å². The Morgan fingerprint density at radius 1 is 1.27 bits per heavy atom. The number of carboxylic acid groups (broad SMARTS) is 1. The van der Waals surface area contributed by atoms with Gasteiger partial charge in [-0.2, -0.15) is 0 Å². The van der Waals surface area contributed by atoms with Crippen molar-refractivity contribution in [1.82, 2.24) is 5.32 Å². The number of rotatable bonds is 3. The fourth-order valence-electron chi connectivity index (χ4n) is 1.91. The van der Waals surface area contributed by atoms with Gasteiger partial charge in [-0.05, 0) is 12.8 Å². The monoisotopic (exact) mass is 213 g/mol. The highest BCUT2D eigenvalue weighted by Gasteiger charge is 2.37. The van der Waals surface area contributed by atoms with E-state index in [2.05, 4.69) is 5.32 Å². The van der Waals surface area contributed by atoms with Gasteiger partial charge in [0, 0.05) is 5.92 Å². The minimum Gasteiger partial charge on any atom is -0.481 e. The smallest absolute Gasteiger partial charge is 0.311 e. The van der Waals surface area contributed by atoms with Gasteiger partial charge < -0.3 is 15.2 Å². The zero-order valence-electron chi connectivity index (χ0n) is 8.44. The number of hydrogen-bond donors (Lipinski definition) is 2. The normalized spacial score (nSPS) is 30.9. The Morgan fingerprint density at radius 3 is 2.53 bits per heavy atom. The zero-order valence-corrected chi connectivity index (χ0v) is 8.44. The van der Waals surface area contributed by atoms with E-state index < -0.39 is 11.9 Å². The van der Waals surface area contributed by atoms with Crippen LogP contribution in [0.4, 0.5) is 0 Å². The summed E-state index contributed by atoms with van der Waals surface area (Å²) >= 11 is 0. The maximum absolute atomic E-state index is 11.6. The highest BCUT2D eigenvalue weighted by Crippen LogP contribution is 2.27. The van der Waals surface area contributed by atoms with Crippen LogP contribution < -0.4 is 5.32 Å². The summed E-state index contributed by atoms with van der Waals surface area (Å²) in [5.74, 6) is -1.40. The molecule has 0 spiro atoms. The van der Waals surface area contributed by atoms with Gasteiger partial charge in [0.15, 0.2) is 0 Å². The van der Waals surface area contributed by atoms with Crippen LogP contribution in [0.5, 0.6) is 0 Å². The van der Waals surface area contributed by atoms with E-state index in [0.29, 0.717) is 6.61 Å². The average molecular weight is 213 g/mol. The standard InChI is InChI=1S/C10H15NO4/c12-9(6-2-1-3-6)11-8-5-15-4-7(8)10(13)14/h6-8H,1-5H2,(H,11,12)(H,13,14). The van der Waals surface area contributed by atoms with Crippen molar-refractivity contribution in [2.45, 2.75) is 25.3 Å². The number of nitrogens with one attached hydrogen (secondary N) is 1. The number of hydrogen-bond acceptors (Lipinski definition) is 3. The zero-order chi connectivity index (χ0) is 10.8. The number of amides is 1. The lowest BCUT2D eigenvalue weighted by Crippen LogP contribution is -2.46. The first-order valence-corrected chi connectivity index (χ1v) is 5.29. The van der Waals surface area contributed by atoms with Crippen LogP contribution >= 0.6 is 0 Å². The van der Waals surface area contributed by atoms with Crippen molar-refractivity contribution in [2.75, 3.05) is 13.2 Å². The van der Waals surface area contributed by atoms with Crippen LogP contribution in [0.1, 0.15) is 19.3 Å². The number of carboxylic acids is 1. The van der Waals surface area contributed by atoms with Crippen molar-refractivity contribution in [2.24, 2.45) is 11.8 Å². The van der Waals surface area contributed by atoms with Gasteiger partial charge in [-0.3, -0.25) is 9.59 Å². The van der Waals surface area contributed by atoms with Gasteiger partial charge >= 0.3 is 5.97 Å². The Morgan fingerprint density at radius 2 is 2.00 bits per heavy atom. The molecule has 2 rings (SSSR count). The second-order valence-corrected chi connectivity index (χ2v) is 4.23. The maximum atomic E-state index is 11.6. The average Bonchev–Trinajstić information content (AvgIpc) is 2.48. The predicted octanol–water partition coefficient (Wildman–Crippen LogP) is 0.00230. The number of carbonyl (C=O) groups excluding carboxylic acids is 1. The third-order valence-electron chi connectivity index (χ3n) is 3.20. The fourth-order valence-corrected chi connectivity index (χ4v) is 1.91. The van der Waals surface area contributed by atoms with Crippen molar-refractivity contribution < 1.29 is 19.4 Å². The van der Waals surface area contributed by atoms with Crippen LogP contribution in [0.2, 0.25) is 0 Å². The van der Waals surface area contributed by atoms with Crippen molar-refractivity contribution in [3.8, 4) is 0 Å². The molecule has 0 aromatic rings. The van der Waals surface area contributed by atoms with Crippen LogP contribution in [-0.2, 0) is 14.3 Å². The molecule has 0 radical (unpaired) electrons. The molecular formula is C10H15NO4. The van der Waals surface area contributed by atoms with Crippen LogP contribution in [0.25, 0.3) is 0 Å². The van der Waals surface area contributed by atoms with Gasteiger partial charge in [0.2, 0.25) is 5.91 Å². The lowest BCUT2D eigenvalue weighted by atomic mass is 9.84. The molecule has 2 fully saturated rings. The molecule has 84 valence electrons. The first-order chi connectivity index (χ1) is 7.18. The molecule has 0 aromatic heterocycles. The fraction of sp³-hybridized carbons (Fsp3) is 0.800. The van der Waals surface area contributed by atoms with Gasteiger partial charge in [-0.25, -0.2) is 0 Å². The van der Waals surface area contributed by atoms with E-state index in [4.69, 9.17) is 9.84 Å². The number of carbonyl (C=O) groups is 2. The van der Waals surface area contributed by atoms with Crippen LogP contribution in [0.15, 0.2) is 0 Å². The van der Waals surface area contributed by atoms with Crippen LogP contribution in [0.3, 0.4) is 0 Å². The lowest BCUT2D eigenvalue weighted by Gasteiger charge is -2.26. The number of ether oxygens (including phenoxy) is 1. The summed E-state index contributed by atoms with van der Waals surface area (Å²) < 4.78 is 5.07. The van der Waals surface area contributed by atoms with Crippen LogP contribution in [-0.4, -0.2) is 36.2 Å². The minimum atomic E-state index is -0.897. The molecule has 2 atom stereocenters. The van der Waals surface area contributed by atoms with Gasteiger partial charge in [-0.15, -0.1) is 0 Å². The third-order valence-corrected chi connectivity index (χ3v) is 3.20. The summed E-state index contributed by atoms with van der Waals surface area (Å²) in [6.07, 6.45) is 2.95. The predicted molar refractivity (Wildman–Crippen MR) is 51.2 cm³/mol. The molecule has 0 bridgehead atoms. The minimum absolute atomic E-state index is 0.0111. The van der Waals surface area contributed by atoms with E-state index in [0.717, 1.165) is 19.3 Å². The van der Waals surface area contributed by atoms with E-state index in [9.17, 15) is 9.59 Å². The Bertz CT molecular complexity index is 275. The van der Waals surface area contributed by atoms with Gasteiger partial charge in [0.05, 0.1) is 19.3 Å². The SMILES string of the molecule is O=C(NC1COCC1C(=O)O)C1CCC1. The van der Waals surface area contributed by atoms with Gasteiger partial charge in [0.1, 0.15) is 5.92 Å². The molecule has 1 aliphatic heterocycles. The Balaban J connectivity index is 1.87.